The predicted octanol–water partition coefficient (Wildman–Crippen LogP) is 2.06. The molecule has 2 heterocycles. The molecule has 8 heteroatoms. The summed E-state index contributed by atoms with van der Waals surface area (Å²) in [6.45, 7) is 3.45. The lowest BCUT2D eigenvalue weighted by Gasteiger charge is -2.15. The largest absolute Gasteiger partial charge is 0.317 e. The first-order chi connectivity index (χ1) is 12.6. The van der Waals surface area contributed by atoms with E-state index in [4.69, 9.17) is 0 Å². The van der Waals surface area contributed by atoms with Crippen LogP contribution in [-0.4, -0.2) is 38.6 Å². The monoisotopic (exact) mass is 348 g/mol. The predicted molar refractivity (Wildman–Crippen MR) is 97.2 cm³/mol. The van der Waals surface area contributed by atoms with Crippen molar-refractivity contribution in [3.05, 3.63) is 73.5 Å². The Kier molecular flexibility index (Phi) is 4.84. The molecule has 0 aliphatic heterocycles. The van der Waals surface area contributed by atoms with Gasteiger partial charge in [0.15, 0.2) is 5.82 Å². The summed E-state index contributed by atoms with van der Waals surface area (Å²) in [4.78, 5) is 33.7. The highest BCUT2D eigenvalue weighted by molar-refractivity contribution is 6.05. The first-order valence-corrected chi connectivity index (χ1v) is 7.71. The van der Waals surface area contributed by atoms with Gasteiger partial charge in [0.05, 0.1) is 6.20 Å². The third kappa shape index (κ3) is 3.48. The van der Waals surface area contributed by atoms with E-state index in [0.29, 0.717) is 22.8 Å². The van der Waals surface area contributed by atoms with E-state index in [2.05, 4.69) is 27.0 Å². The van der Waals surface area contributed by atoms with Gasteiger partial charge in [-0.2, -0.15) is 5.10 Å². The molecule has 3 rings (SSSR count). The molecule has 0 unspecified atom stereocenters. The number of carbonyl (C=O) groups is 2. The summed E-state index contributed by atoms with van der Waals surface area (Å²) in [7, 11) is 1.64. The van der Waals surface area contributed by atoms with E-state index < -0.39 is 0 Å². The fourth-order valence-electron chi connectivity index (χ4n) is 2.28. The first-order valence-electron chi connectivity index (χ1n) is 7.71. The van der Waals surface area contributed by atoms with Crippen LogP contribution in [0.25, 0.3) is 5.82 Å². The molecule has 0 bridgehead atoms. The second-order valence-electron chi connectivity index (χ2n) is 5.31. The molecule has 2 aromatic heterocycles. The van der Waals surface area contributed by atoms with Crippen molar-refractivity contribution in [2.24, 2.45) is 0 Å². The lowest BCUT2D eigenvalue weighted by molar-refractivity contribution is -0.113. The smallest absolute Gasteiger partial charge is 0.255 e. The van der Waals surface area contributed by atoms with Crippen molar-refractivity contribution in [2.75, 3.05) is 17.3 Å². The Balaban J connectivity index is 1.79. The number of likely N-dealkylation sites (N-methyl/N-ethyl adjacent to an activating group) is 1. The average Bonchev–Trinajstić information content (AvgIpc) is 3.22. The van der Waals surface area contributed by atoms with Gasteiger partial charge >= 0.3 is 0 Å². The number of hydrogen-bond donors (Lipinski definition) is 1. The van der Waals surface area contributed by atoms with Gasteiger partial charge in [-0.1, -0.05) is 6.58 Å². The number of hydrogen-bond acceptors (Lipinski definition) is 5. The Labute approximate surface area is 149 Å². The van der Waals surface area contributed by atoms with E-state index in [1.54, 1.807) is 49.8 Å². The second kappa shape index (κ2) is 7.39. The van der Waals surface area contributed by atoms with Crippen LogP contribution in [0.3, 0.4) is 0 Å². The molecule has 8 nitrogen and oxygen atoms in total. The molecule has 0 saturated carbocycles. The van der Waals surface area contributed by atoms with Gasteiger partial charge < -0.3 is 10.2 Å². The van der Waals surface area contributed by atoms with Crippen molar-refractivity contribution in [1.82, 2.24) is 19.7 Å². The molecule has 1 aromatic carbocycles. The van der Waals surface area contributed by atoms with E-state index in [0.717, 1.165) is 0 Å². The number of nitrogens with one attached hydrogen (secondary N) is 1. The maximum absolute atomic E-state index is 12.5. The lowest BCUT2D eigenvalue weighted by atomic mass is 10.2. The summed E-state index contributed by atoms with van der Waals surface area (Å²) in [6.07, 6.45) is 7.46. The van der Waals surface area contributed by atoms with Crippen molar-refractivity contribution < 1.29 is 9.59 Å². The third-order valence-corrected chi connectivity index (χ3v) is 3.68. The second-order valence-corrected chi connectivity index (χ2v) is 5.31. The normalized spacial score (nSPS) is 10.2. The Morgan fingerprint density at radius 1 is 1.27 bits per heavy atom. The fraction of sp³-hybridized carbons (Fsp3) is 0.0556. The van der Waals surface area contributed by atoms with Crippen LogP contribution in [0.2, 0.25) is 0 Å². The van der Waals surface area contributed by atoms with Crippen molar-refractivity contribution in [3.8, 4) is 5.82 Å². The zero-order chi connectivity index (χ0) is 18.5. The highest BCUT2D eigenvalue weighted by Gasteiger charge is 2.13. The molecular weight excluding hydrogens is 332 g/mol. The lowest BCUT2D eigenvalue weighted by Crippen LogP contribution is -2.23. The molecule has 2 amide bonds. The van der Waals surface area contributed by atoms with Crippen molar-refractivity contribution in [1.29, 1.82) is 0 Å². The van der Waals surface area contributed by atoms with E-state index in [1.165, 1.54) is 28.2 Å². The molecule has 0 fully saturated rings. The molecule has 0 aliphatic rings. The van der Waals surface area contributed by atoms with Crippen LogP contribution in [0.5, 0.6) is 0 Å². The van der Waals surface area contributed by atoms with Crippen LogP contribution in [0, 0.1) is 0 Å². The summed E-state index contributed by atoms with van der Waals surface area (Å²) >= 11 is 0. The van der Waals surface area contributed by atoms with Gasteiger partial charge in [0.25, 0.3) is 5.91 Å². The molecular formula is C18H16N6O2. The molecule has 0 spiro atoms. The SMILES string of the molecule is C=CC(=O)N(C)c1ccc(C(=O)Nc2cncnc2-n2cccn2)cc1. The van der Waals surface area contributed by atoms with Crippen LogP contribution in [0.4, 0.5) is 11.4 Å². The fourth-order valence-corrected chi connectivity index (χ4v) is 2.28. The number of benzene rings is 1. The standard InChI is InChI=1S/C18H16N6O2/c1-3-16(25)23(2)14-7-5-13(6-8-14)18(26)22-15-11-19-12-20-17(15)24-10-4-9-21-24/h3-12H,1H2,2H3,(H,22,26). The molecule has 3 aromatic rings. The van der Waals surface area contributed by atoms with Gasteiger partial charge in [0.2, 0.25) is 5.91 Å². The first kappa shape index (κ1) is 17.0. The van der Waals surface area contributed by atoms with Crippen LogP contribution in [0.1, 0.15) is 10.4 Å². The number of amides is 2. The Hall–Kier alpha value is -3.81. The number of nitrogens with zero attached hydrogens (tertiary/aromatic N) is 5. The molecule has 130 valence electrons. The van der Waals surface area contributed by atoms with E-state index in [1.807, 2.05) is 0 Å². The number of anilines is 2. The minimum Gasteiger partial charge on any atom is -0.317 e. The van der Waals surface area contributed by atoms with Gasteiger partial charge in [-0.3, -0.25) is 9.59 Å². The summed E-state index contributed by atoms with van der Waals surface area (Å²) in [5.41, 5.74) is 1.53. The highest BCUT2D eigenvalue weighted by Crippen LogP contribution is 2.18. The van der Waals surface area contributed by atoms with Gasteiger partial charge in [-0.15, -0.1) is 0 Å². The zero-order valence-electron chi connectivity index (χ0n) is 14.0. The van der Waals surface area contributed by atoms with Crippen LogP contribution in [0.15, 0.2) is 67.9 Å². The van der Waals surface area contributed by atoms with Crippen molar-refractivity contribution >= 4 is 23.2 Å². The Morgan fingerprint density at radius 2 is 2.04 bits per heavy atom. The van der Waals surface area contributed by atoms with E-state index in [-0.39, 0.29) is 11.8 Å². The topological polar surface area (TPSA) is 93.0 Å². The summed E-state index contributed by atoms with van der Waals surface area (Å²) in [5, 5.41) is 6.89. The highest BCUT2D eigenvalue weighted by atomic mass is 16.2. The Morgan fingerprint density at radius 3 is 2.69 bits per heavy atom. The van der Waals surface area contributed by atoms with Gasteiger partial charge in [-0.25, -0.2) is 14.6 Å². The average molecular weight is 348 g/mol. The maximum Gasteiger partial charge on any atom is 0.255 e. The van der Waals surface area contributed by atoms with Crippen LogP contribution in [-0.2, 0) is 4.79 Å². The van der Waals surface area contributed by atoms with Gasteiger partial charge in [-0.05, 0) is 36.4 Å². The van der Waals surface area contributed by atoms with Crippen LogP contribution >= 0.6 is 0 Å². The molecule has 0 atom stereocenters. The molecule has 0 saturated heterocycles. The van der Waals surface area contributed by atoms with E-state index in [9.17, 15) is 9.59 Å². The minimum atomic E-state index is -0.322. The zero-order valence-corrected chi connectivity index (χ0v) is 14.0. The molecule has 0 radical (unpaired) electrons. The minimum absolute atomic E-state index is 0.229. The molecule has 1 N–H and O–H groups in total. The van der Waals surface area contributed by atoms with Crippen molar-refractivity contribution in [3.63, 3.8) is 0 Å². The molecule has 26 heavy (non-hydrogen) atoms. The maximum atomic E-state index is 12.5. The summed E-state index contributed by atoms with van der Waals surface area (Å²) < 4.78 is 1.54. The summed E-state index contributed by atoms with van der Waals surface area (Å²) in [6, 6.07) is 8.40. The number of aromatic nitrogens is 4. The van der Waals surface area contributed by atoms with Crippen molar-refractivity contribution in [2.45, 2.75) is 0 Å². The van der Waals surface area contributed by atoms with Crippen LogP contribution < -0.4 is 10.2 Å². The molecule has 0 aliphatic carbocycles. The van der Waals surface area contributed by atoms with E-state index >= 15 is 0 Å². The summed E-state index contributed by atoms with van der Waals surface area (Å²) in [5.74, 6) is -0.0868. The third-order valence-electron chi connectivity index (χ3n) is 3.68. The van der Waals surface area contributed by atoms with Gasteiger partial charge in [0, 0.05) is 30.7 Å². The Bertz CT molecular complexity index is 935. The van der Waals surface area contributed by atoms with Gasteiger partial charge in [0.1, 0.15) is 12.0 Å². The number of carbonyl (C=O) groups excluding carboxylic acids is 2. The number of rotatable bonds is 5. The quantitative estimate of drug-likeness (QED) is 0.713.